The predicted molar refractivity (Wildman–Crippen MR) is 48.5 cm³/mol. The molecule has 4 heteroatoms. The molecule has 0 aliphatic rings. The molecule has 2 aromatic rings. The van der Waals surface area contributed by atoms with Crippen molar-refractivity contribution >= 4 is 11.0 Å². The van der Waals surface area contributed by atoms with Crippen LogP contribution in [0.25, 0.3) is 11.0 Å². The highest BCUT2D eigenvalue weighted by Crippen LogP contribution is 2.10. The first-order valence-electron chi connectivity index (χ1n) is 3.91. The fourth-order valence-corrected chi connectivity index (χ4v) is 1.19. The Labute approximate surface area is 75.3 Å². The Hall–Kier alpha value is -1.52. The summed E-state index contributed by atoms with van der Waals surface area (Å²) in [5, 5.41) is 0. The zero-order chi connectivity index (χ0) is 9.10. The molecule has 13 heavy (non-hydrogen) atoms. The first-order valence-corrected chi connectivity index (χ1v) is 3.91. The topological polar surface area (TPSA) is 61.0 Å². The van der Waals surface area contributed by atoms with E-state index in [2.05, 4.69) is 14.8 Å². The summed E-state index contributed by atoms with van der Waals surface area (Å²) < 4.78 is 0. The van der Waals surface area contributed by atoms with Crippen LogP contribution in [0.15, 0.2) is 30.6 Å². The van der Waals surface area contributed by atoms with Crippen molar-refractivity contribution < 1.29 is 4.84 Å². The molecular weight excluding hydrogens is 166 g/mol. The Morgan fingerprint density at radius 2 is 1.92 bits per heavy atom. The van der Waals surface area contributed by atoms with Gasteiger partial charge in [0.05, 0.1) is 17.6 Å². The Morgan fingerprint density at radius 3 is 2.69 bits per heavy atom. The van der Waals surface area contributed by atoms with E-state index in [4.69, 9.17) is 5.90 Å². The molecule has 0 spiro atoms. The van der Waals surface area contributed by atoms with E-state index in [1.165, 1.54) is 0 Å². The van der Waals surface area contributed by atoms with Gasteiger partial charge in [-0.25, -0.2) is 5.90 Å². The predicted octanol–water partition coefficient (Wildman–Crippen LogP) is 1.02. The highest BCUT2D eigenvalue weighted by Gasteiger charge is 1.96. The van der Waals surface area contributed by atoms with Gasteiger partial charge >= 0.3 is 0 Å². The van der Waals surface area contributed by atoms with Crippen LogP contribution in [-0.2, 0) is 11.4 Å². The number of hydrogen-bond donors (Lipinski definition) is 1. The Morgan fingerprint density at radius 1 is 1.15 bits per heavy atom. The van der Waals surface area contributed by atoms with Gasteiger partial charge in [0.2, 0.25) is 0 Å². The number of nitrogens with zero attached hydrogens (tertiary/aromatic N) is 2. The van der Waals surface area contributed by atoms with Crippen LogP contribution >= 0.6 is 0 Å². The second-order valence-corrected chi connectivity index (χ2v) is 2.69. The van der Waals surface area contributed by atoms with E-state index >= 15 is 0 Å². The molecule has 0 saturated carbocycles. The first kappa shape index (κ1) is 8.10. The molecule has 0 bridgehead atoms. The molecule has 0 amide bonds. The normalized spacial score (nSPS) is 10.5. The zero-order valence-electron chi connectivity index (χ0n) is 6.97. The van der Waals surface area contributed by atoms with Crippen LogP contribution < -0.4 is 5.90 Å². The van der Waals surface area contributed by atoms with E-state index in [1.54, 1.807) is 12.4 Å². The van der Waals surface area contributed by atoms with Crippen molar-refractivity contribution in [2.45, 2.75) is 6.61 Å². The van der Waals surface area contributed by atoms with E-state index < -0.39 is 0 Å². The lowest BCUT2D eigenvalue weighted by Crippen LogP contribution is -1.98. The van der Waals surface area contributed by atoms with Crippen LogP contribution in [0, 0.1) is 0 Å². The van der Waals surface area contributed by atoms with Gasteiger partial charge in [0, 0.05) is 12.4 Å². The average molecular weight is 175 g/mol. The maximum atomic E-state index is 4.97. The zero-order valence-corrected chi connectivity index (χ0v) is 6.97. The molecule has 66 valence electrons. The Bertz CT molecular complexity index is 416. The molecule has 1 aromatic heterocycles. The van der Waals surface area contributed by atoms with Crippen molar-refractivity contribution in [1.82, 2.24) is 9.97 Å². The van der Waals surface area contributed by atoms with Gasteiger partial charge in [0.1, 0.15) is 0 Å². The van der Waals surface area contributed by atoms with Crippen LogP contribution in [0.3, 0.4) is 0 Å². The molecule has 0 aliphatic carbocycles. The second-order valence-electron chi connectivity index (χ2n) is 2.69. The van der Waals surface area contributed by atoms with Crippen LogP contribution in [-0.4, -0.2) is 9.97 Å². The number of hydrogen-bond acceptors (Lipinski definition) is 4. The summed E-state index contributed by atoms with van der Waals surface area (Å²) in [6, 6.07) is 5.73. The molecule has 0 saturated heterocycles. The largest absolute Gasteiger partial charge is 0.300 e. The minimum Gasteiger partial charge on any atom is -0.300 e. The summed E-state index contributed by atoms with van der Waals surface area (Å²) in [4.78, 5) is 12.8. The van der Waals surface area contributed by atoms with Gasteiger partial charge in [-0.1, -0.05) is 6.07 Å². The SMILES string of the molecule is NOCc1ccc2nccnc2c1. The van der Waals surface area contributed by atoms with Gasteiger partial charge in [-0.15, -0.1) is 0 Å². The van der Waals surface area contributed by atoms with Gasteiger partial charge in [0.25, 0.3) is 0 Å². The van der Waals surface area contributed by atoms with Crippen molar-refractivity contribution in [2.24, 2.45) is 5.90 Å². The smallest absolute Gasteiger partial charge is 0.0930 e. The molecule has 0 aliphatic heterocycles. The highest BCUT2D eigenvalue weighted by atomic mass is 16.6. The van der Waals surface area contributed by atoms with Crippen LogP contribution in [0.5, 0.6) is 0 Å². The van der Waals surface area contributed by atoms with Crippen LogP contribution in [0.1, 0.15) is 5.56 Å². The molecule has 0 atom stereocenters. The first-order chi connectivity index (χ1) is 6.40. The summed E-state index contributed by atoms with van der Waals surface area (Å²) >= 11 is 0. The van der Waals surface area contributed by atoms with Gasteiger partial charge < -0.3 is 0 Å². The number of nitrogens with two attached hydrogens (primary N) is 1. The molecule has 0 unspecified atom stereocenters. The van der Waals surface area contributed by atoms with Crippen molar-refractivity contribution in [1.29, 1.82) is 0 Å². The minimum atomic E-state index is 0.395. The van der Waals surface area contributed by atoms with E-state index in [0.29, 0.717) is 6.61 Å². The molecule has 1 aromatic carbocycles. The Balaban J connectivity index is 2.49. The summed E-state index contributed by atoms with van der Waals surface area (Å²) in [6.45, 7) is 0.395. The number of aromatic nitrogens is 2. The van der Waals surface area contributed by atoms with Crippen molar-refractivity contribution in [3.63, 3.8) is 0 Å². The summed E-state index contributed by atoms with van der Waals surface area (Å²) in [5.41, 5.74) is 2.73. The van der Waals surface area contributed by atoms with Crippen molar-refractivity contribution in [2.75, 3.05) is 0 Å². The van der Waals surface area contributed by atoms with Crippen molar-refractivity contribution in [3.05, 3.63) is 36.2 Å². The van der Waals surface area contributed by atoms with Gasteiger partial charge in [0.15, 0.2) is 0 Å². The van der Waals surface area contributed by atoms with Gasteiger partial charge in [-0.2, -0.15) is 0 Å². The lowest BCUT2D eigenvalue weighted by molar-refractivity contribution is 0.124. The van der Waals surface area contributed by atoms with Crippen LogP contribution in [0.2, 0.25) is 0 Å². The summed E-state index contributed by atoms with van der Waals surface area (Å²) in [6.07, 6.45) is 3.33. The molecule has 0 radical (unpaired) electrons. The quantitative estimate of drug-likeness (QED) is 0.692. The fraction of sp³-hybridized carbons (Fsp3) is 0.111. The lowest BCUT2D eigenvalue weighted by atomic mass is 10.2. The van der Waals surface area contributed by atoms with Gasteiger partial charge in [-0.3, -0.25) is 14.8 Å². The van der Waals surface area contributed by atoms with E-state index in [-0.39, 0.29) is 0 Å². The standard InChI is InChI=1S/C9H9N3O/c10-13-6-7-1-2-8-9(5-7)12-4-3-11-8/h1-5H,6,10H2. The number of rotatable bonds is 2. The molecule has 1 heterocycles. The molecule has 2 rings (SSSR count). The van der Waals surface area contributed by atoms with E-state index in [1.807, 2.05) is 18.2 Å². The molecule has 4 nitrogen and oxygen atoms in total. The maximum absolute atomic E-state index is 4.97. The highest BCUT2D eigenvalue weighted by molar-refractivity contribution is 5.74. The molecular formula is C9H9N3O. The number of benzene rings is 1. The lowest BCUT2D eigenvalue weighted by Gasteiger charge is -1.99. The Kier molecular flexibility index (Phi) is 2.16. The summed E-state index contributed by atoms with van der Waals surface area (Å²) in [5.74, 6) is 4.97. The maximum Gasteiger partial charge on any atom is 0.0930 e. The second kappa shape index (κ2) is 3.47. The van der Waals surface area contributed by atoms with Crippen molar-refractivity contribution in [3.8, 4) is 0 Å². The third-order valence-electron chi connectivity index (χ3n) is 1.78. The molecule has 2 N–H and O–H groups in total. The molecule has 0 fully saturated rings. The number of fused-ring (bicyclic) bond motifs is 1. The third-order valence-corrected chi connectivity index (χ3v) is 1.78. The fourth-order valence-electron chi connectivity index (χ4n) is 1.19. The van der Waals surface area contributed by atoms with E-state index in [9.17, 15) is 0 Å². The minimum absolute atomic E-state index is 0.395. The third kappa shape index (κ3) is 1.63. The average Bonchev–Trinajstić information content (AvgIpc) is 2.18. The summed E-state index contributed by atoms with van der Waals surface area (Å²) in [7, 11) is 0. The van der Waals surface area contributed by atoms with E-state index in [0.717, 1.165) is 16.6 Å². The van der Waals surface area contributed by atoms with Gasteiger partial charge in [-0.05, 0) is 17.7 Å². The monoisotopic (exact) mass is 175 g/mol. The van der Waals surface area contributed by atoms with Crippen LogP contribution in [0.4, 0.5) is 0 Å².